The molecule has 0 aliphatic carbocycles. The van der Waals surface area contributed by atoms with Crippen molar-refractivity contribution in [2.24, 2.45) is 0 Å². The summed E-state index contributed by atoms with van der Waals surface area (Å²) in [4.78, 5) is 17.8. The van der Waals surface area contributed by atoms with Crippen LogP contribution in [0.25, 0.3) is 0 Å². The summed E-state index contributed by atoms with van der Waals surface area (Å²) in [5, 5.41) is 14.4. The van der Waals surface area contributed by atoms with Crippen LogP contribution in [0.2, 0.25) is 5.02 Å². The van der Waals surface area contributed by atoms with Crippen LogP contribution in [0.1, 0.15) is 5.56 Å². The number of aromatic nitrogens is 2. The van der Waals surface area contributed by atoms with E-state index in [-0.39, 0.29) is 17.3 Å². The van der Waals surface area contributed by atoms with Gasteiger partial charge in [0.05, 0.1) is 4.92 Å². The van der Waals surface area contributed by atoms with Gasteiger partial charge in [0.25, 0.3) is 0 Å². The number of benzene rings is 1. The zero-order valence-electron chi connectivity index (χ0n) is 9.92. The van der Waals surface area contributed by atoms with Crippen molar-refractivity contribution in [2.45, 2.75) is 6.92 Å². The van der Waals surface area contributed by atoms with Crippen molar-refractivity contribution in [1.82, 2.24) is 9.97 Å². The summed E-state index contributed by atoms with van der Waals surface area (Å²) in [7, 11) is 0. The van der Waals surface area contributed by atoms with E-state index in [1.165, 1.54) is 0 Å². The molecule has 98 valence electrons. The summed E-state index contributed by atoms with van der Waals surface area (Å²) in [6.45, 7) is 1.79. The van der Waals surface area contributed by atoms with Gasteiger partial charge in [0.1, 0.15) is 6.33 Å². The topological polar surface area (TPSA) is 107 Å². The molecular formula is C11H10ClN5O2. The first kappa shape index (κ1) is 13.0. The summed E-state index contributed by atoms with van der Waals surface area (Å²) in [6, 6.07) is 5.20. The zero-order chi connectivity index (χ0) is 14.0. The van der Waals surface area contributed by atoms with E-state index in [0.29, 0.717) is 10.7 Å². The lowest BCUT2D eigenvalue weighted by Crippen LogP contribution is -2.05. The molecule has 0 saturated heterocycles. The SMILES string of the molecule is Cc1c(Cl)cccc1Nc1ncnc(N)c1[N+](=O)[O-]. The molecule has 0 amide bonds. The van der Waals surface area contributed by atoms with E-state index >= 15 is 0 Å². The lowest BCUT2D eigenvalue weighted by atomic mass is 10.2. The van der Waals surface area contributed by atoms with Crippen molar-refractivity contribution in [2.75, 3.05) is 11.1 Å². The highest BCUT2D eigenvalue weighted by Gasteiger charge is 2.21. The molecule has 0 aliphatic heterocycles. The van der Waals surface area contributed by atoms with Crippen LogP contribution in [0.4, 0.5) is 23.0 Å². The van der Waals surface area contributed by atoms with E-state index in [2.05, 4.69) is 15.3 Å². The van der Waals surface area contributed by atoms with E-state index in [4.69, 9.17) is 17.3 Å². The van der Waals surface area contributed by atoms with Crippen molar-refractivity contribution in [3.8, 4) is 0 Å². The smallest absolute Gasteiger partial charge is 0.353 e. The highest BCUT2D eigenvalue weighted by molar-refractivity contribution is 6.31. The second-order valence-corrected chi connectivity index (χ2v) is 4.16. The predicted octanol–water partition coefficient (Wildman–Crippen LogP) is 2.67. The fourth-order valence-electron chi connectivity index (χ4n) is 1.53. The first-order valence-electron chi connectivity index (χ1n) is 5.27. The summed E-state index contributed by atoms with van der Waals surface area (Å²) in [5.74, 6) is -0.162. The highest BCUT2D eigenvalue weighted by Crippen LogP contribution is 2.31. The minimum Gasteiger partial charge on any atom is -0.378 e. The van der Waals surface area contributed by atoms with Gasteiger partial charge in [0, 0.05) is 10.7 Å². The van der Waals surface area contributed by atoms with Gasteiger partial charge in [0.15, 0.2) is 0 Å². The Morgan fingerprint density at radius 3 is 2.84 bits per heavy atom. The van der Waals surface area contributed by atoms with Gasteiger partial charge < -0.3 is 11.1 Å². The van der Waals surface area contributed by atoms with Gasteiger partial charge in [-0.3, -0.25) is 10.1 Å². The number of nitrogens with zero attached hydrogens (tertiary/aromatic N) is 3. The Morgan fingerprint density at radius 1 is 1.42 bits per heavy atom. The minimum atomic E-state index is -0.627. The number of hydrogen-bond donors (Lipinski definition) is 2. The quantitative estimate of drug-likeness (QED) is 0.661. The predicted molar refractivity (Wildman–Crippen MR) is 72.6 cm³/mol. The fourth-order valence-corrected chi connectivity index (χ4v) is 1.71. The van der Waals surface area contributed by atoms with Crippen LogP contribution < -0.4 is 11.1 Å². The molecule has 7 nitrogen and oxygen atoms in total. The number of nitrogens with two attached hydrogens (primary N) is 1. The third-order valence-corrected chi connectivity index (χ3v) is 2.96. The Labute approximate surface area is 113 Å². The van der Waals surface area contributed by atoms with Crippen molar-refractivity contribution in [3.05, 3.63) is 45.2 Å². The Balaban J connectivity index is 2.47. The fraction of sp³-hybridized carbons (Fsp3) is 0.0909. The molecule has 3 N–H and O–H groups in total. The van der Waals surface area contributed by atoms with Gasteiger partial charge in [-0.25, -0.2) is 9.97 Å². The van der Waals surface area contributed by atoms with Gasteiger partial charge in [-0.1, -0.05) is 17.7 Å². The lowest BCUT2D eigenvalue weighted by Gasteiger charge is -2.10. The molecule has 1 heterocycles. The second kappa shape index (κ2) is 5.07. The maximum absolute atomic E-state index is 11.0. The van der Waals surface area contributed by atoms with Crippen LogP contribution in [0.3, 0.4) is 0 Å². The highest BCUT2D eigenvalue weighted by atomic mass is 35.5. The maximum Gasteiger partial charge on any atom is 0.353 e. The molecule has 0 saturated carbocycles. The van der Waals surface area contributed by atoms with E-state index in [1.807, 2.05) is 0 Å². The van der Waals surface area contributed by atoms with Gasteiger partial charge >= 0.3 is 5.69 Å². The molecule has 1 aromatic carbocycles. The lowest BCUT2D eigenvalue weighted by molar-refractivity contribution is -0.383. The zero-order valence-corrected chi connectivity index (χ0v) is 10.7. The van der Waals surface area contributed by atoms with Gasteiger partial charge in [-0.05, 0) is 24.6 Å². The van der Waals surface area contributed by atoms with Gasteiger partial charge in [-0.2, -0.15) is 0 Å². The Morgan fingerprint density at radius 2 is 2.16 bits per heavy atom. The molecule has 0 fully saturated rings. The van der Waals surface area contributed by atoms with Crippen LogP contribution >= 0.6 is 11.6 Å². The normalized spacial score (nSPS) is 10.2. The number of nitrogens with one attached hydrogen (secondary N) is 1. The number of halogens is 1. The molecule has 2 rings (SSSR count). The number of nitro groups is 1. The Bertz CT molecular complexity index is 647. The van der Waals surface area contributed by atoms with Gasteiger partial charge in [0.2, 0.25) is 11.6 Å². The molecule has 0 bridgehead atoms. The molecule has 8 heteroatoms. The van der Waals surface area contributed by atoms with E-state index < -0.39 is 4.92 Å². The number of rotatable bonds is 3. The van der Waals surface area contributed by atoms with Crippen LogP contribution in [0.15, 0.2) is 24.5 Å². The molecule has 0 radical (unpaired) electrons. The van der Waals surface area contributed by atoms with Crippen molar-refractivity contribution in [3.63, 3.8) is 0 Å². The number of anilines is 3. The van der Waals surface area contributed by atoms with E-state index in [9.17, 15) is 10.1 Å². The Hall–Kier alpha value is -2.41. The summed E-state index contributed by atoms with van der Waals surface area (Å²) < 4.78 is 0. The first-order valence-corrected chi connectivity index (χ1v) is 5.65. The molecule has 2 aromatic rings. The first-order chi connectivity index (χ1) is 9.00. The summed E-state index contributed by atoms with van der Waals surface area (Å²) >= 11 is 5.98. The van der Waals surface area contributed by atoms with Crippen molar-refractivity contribution in [1.29, 1.82) is 0 Å². The maximum atomic E-state index is 11.0. The monoisotopic (exact) mass is 279 g/mol. The average molecular weight is 280 g/mol. The van der Waals surface area contributed by atoms with E-state index in [1.54, 1.807) is 25.1 Å². The molecule has 0 unspecified atom stereocenters. The minimum absolute atomic E-state index is 0.0304. The summed E-state index contributed by atoms with van der Waals surface area (Å²) in [5.41, 5.74) is 6.50. The van der Waals surface area contributed by atoms with Gasteiger partial charge in [-0.15, -0.1) is 0 Å². The second-order valence-electron chi connectivity index (χ2n) is 3.75. The average Bonchev–Trinajstić information content (AvgIpc) is 2.34. The Kier molecular flexibility index (Phi) is 3.48. The largest absolute Gasteiger partial charge is 0.378 e. The number of hydrogen-bond acceptors (Lipinski definition) is 6. The van der Waals surface area contributed by atoms with E-state index in [0.717, 1.165) is 11.9 Å². The molecule has 0 aliphatic rings. The third kappa shape index (κ3) is 2.55. The summed E-state index contributed by atoms with van der Waals surface area (Å²) in [6.07, 6.45) is 1.16. The molecule has 0 spiro atoms. The molecule has 1 aromatic heterocycles. The molecular weight excluding hydrogens is 270 g/mol. The van der Waals surface area contributed by atoms with Crippen LogP contribution in [-0.4, -0.2) is 14.9 Å². The molecule has 0 atom stereocenters. The standard InChI is InChI=1S/C11H10ClN5O2/c1-6-7(12)3-2-4-8(6)16-11-9(17(18)19)10(13)14-5-15-11/h2-5H,1H3,(H3,13,14,15,16). The van der Waals surface area contributed by atoms with Crippen LogP contribution in [-0.2, 0) is 0 Å². The van der Waals surface area contributed by atoms with Crippen molar-refractivity contribution >= 4 is 34.6 Å². The number of nitrogen functional groups attached to an aromatic ring is 1. The molecule has 19 heavy (non-hydrogen) atoms. The third-order valence-electron chi connectivity index (χ3n) is 2.55. The van der Waals surface area contributed by atoms with Crippen molar-refractivity contribution < 1.29 is 4.92 Å². The van der Waals surface area contributed by atoms with Crippen LogP contribution in [0.5, 0.6) is 0 Å². The van der Waals surface area contributed by atoms with Crippen LogP contribution in [0, 0.1) is 17.0 Å².